The smallest absolute Gasteiger partial charge is 0.262 e. The molecule has 1 amide bonds. The fourth-order valence-corrected chi connectivity index (χ4v) is 3.19. The van der Waals surface area contributed by atoms with E-state index in [1.165, 1.54) is 0 Å². The Labute approximate surface area is 143 Å². The molecule has 2 N–H and O–H groups in total. The minimum absolute atomic E-state index is 0.0900. The molecule has 0 bridgehead atoms. The lowest BCUT2D eigenvalue weighted by molar-refractivity contribution is 0.0974. The first-order chi connectivity index (χ1) is 12.3. The molecule has 7 heteroatoms. The normalized spacial score (nSPS) is 18.0. The maximum atomic E-state index is 13.2. The highest BCUT2D eigenvalue weighted by Crippen LogP contribution is 2.40. The lowest BCUT2D eigenvalue weighted by Crippen LogP contribution is -2.43. The fourth-order valence-electron chi connectivity index (χ4n) is 3.19. The fraction of sp³-hybridized carbons (Fsp3) is 0.111. The van der Waals surface area contributed by atoms with Crippen LogP contribution in [-0.4, -0.2) is 22.9 Å². The molecule has 1 aromatic heterocycles. The predicted octanol–water partition coefficient (Wildman–Crippen LogP) is 2.91. The van der Waals surface area contributed by atoms with Gasteiger partial charge in [-0.05, 0) is 30.3 Å². The molecule has 0 radical (unpaired) electrons. The van der Waals surface area contributed by atoms with Crippen molar-refractivity contribution in [1.29, 1.82) is 0 Å². The van der Waals surface area contributed by atoms with E-state index >= 15 is 0 Å². The van der Waals surface area contributed by atoms with Crippen molar-refractivity contribution in [3.05, 3.63) is 66.0 Å². The maximum absolute atomic E-state index is 13.2. The number of amides is 1. The van der Waals surface area contributed by atoms with Crippen LogP contribution in [0.2, 0.25) is 0 Å². The summed E-state index contributed by atoms with van der Waals surface area (Å²) in [7, 11) is 0. The van der Waals surface area contributed by atoms with Crippen molar-refractivity contribution >= 4 is 17.3 Å². The molecule has 0 spiro atoms. The molecule has 0 saturated heterocycles. The molecule has 3 aromatic rings. The number of nitrogens with one attached hydrogen (secondary N) is 2. The average molecular weight is 334 g/mol. The Bertz CT molecular complexity index is 955. The lowest BCUT2D eigenvalue weighted by Gasteiger charge is -2.37. The van der Waals surface area contributed by atoms with Gasteiger partial charge in [-0.25, -0.2) is 0 Å². The lowest BCUT2D eigenvalue weighted by atomic mass is 10.0. The van der Waals surface area contributed by atoms with E-state index in [0.29, 0.717) is 17.1 Å². The largest absolute Gasteiger partial charge is 0.454 e. The molecule has 124 valence electrons. The van der Waals surface area contributed by atoms with E-state index in [-0.39, 0.29) is 12.7 Å². The first kappa shape index (κ1) is 13.9. The van der Waals surface area contributed by atoms with E-state index in [9.17, 15) is 4.79 Å². The van der Waals surface area contributed by atoms with Crippen LogP contribution >= 0.6 is 0 Å². The van der Waals surface area contributed by atoms with Gasteiger partial charge < -0.3 is 14.8 Å². The monoisotopic (exact) mass is 334 g/mol. The van der Waals surface area contributed by atoms with Crippen LogP contribution in [0.5, 0.6) is 11.5 Å². The first-order valence-corrected chi connectivity index (χ1v) is 7.89. The van der Waals surface area contributed by atoms with Gasteiger partial charge in [0, 0.05) is 18.0 Å². The molecular formula is C18H14N4O3. The number of H-pyrrole nitrogens is 1. The number of para-hydroxylation sites is 1. The van der Waals surface area contributed by atoms with Crippen LogP contribution in [-0.2, 0) is 0 Å². The van der Waals surface area contributed by atoms with Crippen LogP contribution in [0.3, 0.4) is 0 Å². The molecule has 0 aliphatic carbocycles. The molecule has 2 aliphatic heterocycles. The number of carbonyl (C=O) groups is 1. The van der Waals surface area contributed by atoms with Gasteiger partial charge in [0.15, 0.2) is 11.5 Å². The molecule has 25 heavy (non-hydrogen) atoms. The second-order valence-corrected chi connectivity index (χ2v) is 5.82. The molecular weight excluding hydrogens is 320 g/mol. The van der Waals surface area contributed by atoms with Crippen molar-refractivity contribution in [2.45, 2.75) is 6.17 Å². The van der Waals surface area contributed by atoms with Gasteiger partial charge in [0.25, 0.3) is 5.91 Å². The molecule has 5 rings (SSSR count). The molecule has 1 atom stereocenters. The third kappa shape index (κ3) is 2.13. The number of fused-ring (bicyclic) bond motifs is 2. The summed E-state index contributed by atoms with van der Waals surface area (Å²) in [5, 5.41) is 10.4. The number of aromatic amines is 1. The van der Waals surface area contributed by atoms with Gasteiger partial charge in [-0.15, -0.1) is 0 Å². The Balaban J connectivity index is 1.65. The summed E-state index contributed by atoms with van der Waals surface area (Å²) in [6.45, 7) is 0.192. The molecule has 0 fully saturated rings. The molecule has 2 aliphatic rings. The summed E-state index contributed by atoms with van der Waals surface area (Å²) in [5.74, 6) is 1.22. The number of rotatable bonds is 2. The number of benzene rings is 2. The number of ether oxygens (including phenoxy) is 2. The standard InChI is InChI=1S/C18H14N4O3/c23-18-12-3-1-2-4-13(12)20-17(14-7-8-19-21-14)22(18)11-5-6-15-16(9-11)25-10-24-15/h1-9,17,20H,10H2,(H,19,21)/t17-/m1/s1. The minimum atomic E-state index is -0.398. The van der Waals surface area contributed by atoms with Gasteiger partial charge in [0.2, 0.25) is 6.79 Å². The van der Waals surface area contributed by atoms with Gasteiger partial charge in [-0.2, -0.15) is 5.10 Å². The predicted molar refractivity (Wildman–Crippen MR) is 90.8 cm³/mol. The van der Waals surface area contributed by atoms with Crippen molar-refractivity contribution in [1.82, 2.24) is 10.2 Å². The van der Waals surface area contributed by atoms with E-state index < -0.39 is 6.17 Å². The topological polar surface area (TPSA) is 79.5 Å². The molecule has 7 nitrogen and oxygen atoms in total. The Morgan fingerprint density at radius 1 is 1.08 bits per heavy atom. The molecule has 3 heterocycles. The Hall–Kier alpha value is -3.48. The van der Waals surface area contributed by atoms with Crippen LogP contribution in [0.15, 0.2) is 54.7 Å². The van der Waals surface area contributed by atoms with E-state index in [1.54, 1.807) is 11.1 Å². The zero-order valence-electron chi connectivity index (χ0n) is 13.1. The van der Waals surface area contributed by atoms with Crippen LogP contribution in [0, 0.1) is 0 Å². The molecule has 0 unspecified atom stereocenters. The summed E-state index contributed by atoms with van der Waals surface area (Å²) < 4.78 is 10.8. The van der Waals surface area contributed by atoms with Crippen molar-refractivity contribution in [3.63, 3.8) is 0 Å². The van der Waals surface area contributed by atoms with Crippen molar-refractivity contribution in [2.75, 3.05) is 17.0 Å². The maximum Gasteiger partial charge on any atom is 0.262 e. The summed E-state index contributed by atoms with van der Waals surface area (Å²) in [5.41, 5.74) is 2.93. The number of hydrogen-bond acceptors (Lipinski definition) is 5. The zero-order chi connectivity index (χ0) is 16.8. The van der Waals surface area contributed by atoms with E-state index in [2.05, 4.69) is 15.5 Å². The number of hydrogen-bond donors (Lipinski definition) is 2. The van der Waals surface area contributed by atoms with Gasteiger partial charge in [-0.1, -0.05) is 12.1 Å². The Morgan fingerprint density at radius 3 is 2.84 bits per heavy atom. The second kappa shape index (κ2) is 5.27. The van der Waals surface area contributed by atoms with Crippen LogP contribution < -0.4 is 19.7 Å². The van der Waals surface area contributed by atoms with Crippen molar-refractivity contribution < 1.29 is 14.3 Å². The summed E-state index contributed by atoms with van der Waals surface area (Å²) in [6, 6.07) is 14.8. The van der Waals surface area contributed by atoms with Gasteiger partial charge in [0.05, 0.1) is 16.9 Å². The van der Waals surface area contributed by atoms with Crippen LogP contribution in [0.1, 0.15) is 22.2 Å². The molecule has 2 aromatic carbocycles. The highest BCUT2D eigenvalue weighted by Gasteiger charge is 2.35. The summed E-state index contributed by atoms with van der Waals surface area (Å²) >= 11 is 0. The molecule has 0 saturated carbocycles. The van der Waals surface area contributed by atoms with E-state index in [0.717, 1.165) is 17.1 Å². The van der Waals surface area contributed by atoms with E-state index in [1.807, 2.05) is 48.5 Å². The highest BCUT2D eigenvalue weighted by atomic mass is 16.7. The summed E-state index contributed by atoms with van der Waals surface area (Å²) in [4.78, 5) is 14.9. The van der Waals surface area contributed by atoms with E-state index in [4.69, 9.17) is 9.47 Å². The van der Waals surface area contributed by atoms with Gasteiger partial charge in [0.1, 0.15) is 6.17 Å². The zero-order valence-corrected chi connectivity index (χ0v) is 13.1. The number of anilines is 2. The van der Waals surface area contributed by atoms with Crippen LogP contribution in [0.25, 0.3) is 0 Å². The van der Waals surface area contributed by atoms with Crippen molar-refractivity contribution in [2.24, 2.45) is 0 Å². The van der Waals surface area contributed by atoms with Gasteiger partial charge in [-0.3, -0.25) is 14.8 Å². The number of nitrogens with zero attached hydrogens (tertiary/aromatic N) is 2. The second-order valence-electron chi connectivity index (χ2n) is 5.82. The average Bonchev–Trinajstić information content (AvgIpc) is 3.33. The quantitative estimate of drug-likeness (QED) is 0.753. The first-order valence-electron chi connectivity index (χ1n) is 7.89. The number of carbonyl (C=O) groups excluding carboxylic acids is 1. The van der Waals surface area contributed by atoms with Crippen LogP contribution in [0.4, 0.5) is 11.4 Å². The van der Waals surface area contributed by atoms with Gasteiger partial charge >= 0.3 is 0 Å². The Morgan fingerprint density at radius 2 is 1.96 bits per heavy atom. The SMILES string of the molecule is O=C1c2ccccc2N[C@@H](c2ccn[nH]2)N1c1ccc2c(c1)OCO2. The number of aromatic nitrogens is 2. The minimum Gasteiger partial charge on any atom is -0.454 e. The highest BCUT2D eigenvalue weighted by molar-refractivity contribution is 6.12. The third-order valence-electron chi connectivity index (χ3n) is 4.38. The third-order valence-corrected chi connectivity index (χ3v) is 4.38. The Kier molecular flexibility index (Phi) is 2.93. The summed E-state index contributed by atoms with van der Waals surface area (Å²) in [6.07, 6.45) is 1.27. The van der Waals surface area contributed by atoms with Crippen molar-refractivity contribution in [3.8, 4) is 11.5 Å².